The summed E-state index contributed by atoms with van der Waals surface area (Å²) in [4.78, 5) is 23.9. The monoisotopic (exact) mass is 302 g/mol. The van der Waals surface area contributed by atoms with Crippen molar-refractivity contribution in [1.29, 1.82) is 0 Å². The van der Waals surface area contributed by atoms with E-state index in [4.69, 9.17) is 14.2 Å². The van der Waals surface area contributed by atoms with E-state index in [1.807, 2.05) is 24.3 Å². The van der Waals surface area contributed by atoms with Gasteiger partial charge in [0.1, 0.15) is 12.4 Å². The van der Waals surface area contributed by atoms with Gasteiger partial charge in [0.2, 0.25) is 0 Å². The molecule has 22 heavy (non-hydrogen) atoms. The van der Waals surface area contributed by atoms with Gasteiger partial charge in [-0.3, -0.25) is 0 Å². The molecule has 0 aliphatic carbocycles. The Balaban J connectivity index is 2.42. The van der Waals surface area contributed by atoms with Gasteiger partial charge < -0.3 is 14.2 Å². The fraction of sp³-hybridized carbons (Fsp3) is 0.294. The molecule has 0 atom stereocenters. The number of carbonyl (C=O) groups is 2. The average Bonchev–Trinajstić information content (AvgIpc) is 2.68. The number of carbonyl (C=O) groups excluding carboxylic acids is 2. The topological polar surface area (TPSA) is 61.8 Å². The lowest BCUT2D eigenvalue weighted by Crippen LogP contribution is -2.14. The maximum atomic E-state index is 12.2. The number of benzene rings is 1. The number of esters is 2. The van der Waals surface area contributed by atoms with Gasteiger partial charge in [0.15, 0.2) is 0 Å². The van der Waals surface area contributed by atoms with E-state index in [0.29, 0.717) is 16.9 Å². The zero-order valence-electron chi connectivity index (χ0n) is 12.6. The zero-order valence-corrected chi connectivity index (χ0v) is 12.6. The quantitative estimate of drug-likeness (QED) is 0.632. The minimum Gasteiger partial charge on any atom is -0.488 e. The van der Waals surface area contributed by atoms with Crippen LogP contribution in [0.4, 0.5) is 0 Å². The van der Waals surface area contributed by atoms with Crippen LogP contribution in [0, 0.1) is 0 Å². The summed E-state index contributed by atoms with van der Waals surface area (Å²) in [5.74, 6) is -0.350. The Kier molecular flexibility index (Phi) is 5.36. The van der Waals surface area contributed by atoms with Crippen molar-refractivity contribution in [2.75, 3.05) is 19.8 Å². The number of fused-ring (bicyclic) bond motifs is 1. The highest BCUT2D eigenvalue weighted by Crippen LogP contribution is 2.28. The molecule has 0 bridgehead atoms. The lowest BCUT2D eigenvalue weighted by molar-refractivity contribution is -0.138. The van der Waals surface area contributed by atoms with E-state index in [1.54, 1.807) is 19.9 Å². The number of para-hydroxylation sites is 1. The van der Waals surface area contributed by atoms with E-state index < -0.39 is 11.9 Å². The van der Waals surface area contributed by atoms with Gasteiger partial charge in [0, 0.05) is 17.2 Å². The molecule has 116 valence electrons. The van der Waals surface area contributed by atoms with E-state index >= 15 is 0 Å². The van der Waals surface area contributed by atoms with Gasteiger partial charge in [0.25, 0.3) is 0 Å². The van der Waals surface area contributed by atoms with Crippen molar-refractivity contribution in [3.05, 3.63) is 47.1 Å². The van der Waals surface area contributed by atoms with Crippen molar-refractivity contribution in [2.45, 2.75) is 13.8 Å². The van der Waals surface area contributed by atoms with Crippen molar-refractivity contribution in [1.82, 2.24) is 0 Å². The highest BCUT2D eigenvalue weighted by molar-refractivity contribution is 6.01. The molecule has 1 aromatic carbocycles. The Morgan fingerprint density at radius 3 is 2.64 bits per heavy atom. The third-order valence-electron chi connectivity index (χ3n) is 3.02. The molecule has 0 unspecified atom stereocenters. The van der Waals surface area contributed by atoms with Crippen molar-refractivity contribution in [2.24, 2.45) is 0 Å². The summed E-state index contributed by atoms with van der Waals surface area (Å²) in [6, 6.07) is 7.34. The summed E-state index contributed by atoms with van der Waals surface area (Å²) in [6.45, 7) is 4.07. The first-order valence-corrected chi connectivity index (χ1v) is 7.14. The Morgan fingerprint density at radius 1 is 1.18 bits per heavy atom. The normalized spacial score (nSPS) is 15.2. The molecule has 5 nitrogen and oxygen atoms in total. The highest BCUT2D eigenvalue weighted by atomic mass is 16.5. The smallest absolute Gasteiger partial charge is 0.338 e. The first-order valence-electron chi connectivity index (χ1n) is 7.14. The van der Waals surface area contributed by atoms with Crippen LogP contribution in [0.5, 0.6) is 5.75 Å². The second-order valence-electron chi connectivity index (χ2n) is 4.53. The molecule has 0 N–H and O–H groups in total. The van der Waals surface area contributed by atoms with Crippen molar-refractivity contribution >= 4 is 18.0 Å². The Morgan fingerprint density at radius 2 is 1.91 bits per heavy atom. The number of rotatable bonds is 4. The van der Waals surface area contributed by atoms with E-state index in [0.717, 1.165) is 5.56 Å². The Labute approximate surface area is 129 Å². The SMILES string of the molecule is CCOC(=O)/C=C1\COc2ccccc2C=C1C(=O)OCC. The molecule has 0 amide bonds. The molecule has 2 rings (SSSR count). The van der Waals surface area contributed by atoms with Crippen LogP contribution in [-0.2, 0) is 19.1 Å². The van der Waals surface area contributed by atoms with E-state index in [2.05, 4.69) is 0 Å². The van der Waals surface area contributed by atoms with E-state index in [9.17, 15) is 9.59 Å². The van der Waals surface area contributed by atoms with Crippen LogP contribution in [-0.4, -0.2) is 31.8 Å². The van der Waals surface area contributed by atoms with Gasteiger partial charge in [-0.05, 0) is 26.0 Å². The van der Waals surface area contributed by atoms with Gasteiger partial charge in [-0.2, -0.15) is 0 Å². The predicted octanol–water partition coefficient (Wildman–Crippen LogP) is 2.52. The van der Waals surface area contributed by atoms with Crippen LogP contribution in [0.1, 0.15) is 19.4 Å². The van der Waals surface area contributed by atoms with Crippen molar-refractivity contribution in [3.63, 3.8) is 0 Å². The minimum absolute atomic E-state index is 0.0977. The lowest BCUT2D eigenvalue weighted by atomic mass is 10.0. The summed E-state index contributed by atoms with van der Waals surface area (Å²) < 4.78 is 15.6. The molecule has 5 heteroatoms. The average molecular weight is 302 g/mol. The van der Waals surface area contributed by atoms with Gasteiger partial charge in [0.05, 0.1) is 18.8 Å². The number of ether oxygens (including phenoxy) is 3. The van der Waals surface area contributed by atoms with Gasteiger partial charge in [-0.1, -0.05) is 18.2 Å². The van der Waals surface area contributed by atoms with Gasteiger partial charge in [-0.25, -0.2) is 9.59 Å². The zero-order chi connectivity index (χ0) is 15.9. The summed E-state index contributed by atoms with van der Waals surface area (Å²) in [5, 5.41) is 0. The fourth-order valence-electron chi connectivity index (χ4n) is 2.06. The van der Waals surface area contributed by atoms with E-state index in [-0.39, 0.29) is 19.8 Å². The molecule has 0 saturated heterocycles. The number of hydrogen-bond acceptors (Lipinski definition) is 5. The fourth-order valence-corrected chi connectivity index (χ4v) is 2.06. The summed E-state index contributed by atoms with van der Waals surface area (Å²) in [6.07, 6.45) is 2.95. The third kappa shape index (κ3) is 3.75. The molecular formula is C17H18O5. The first kappa shape index (κ1) is 15.8. The highest BCUT2D eigenvalue weighted by Gasteiger charge is 2.22. The van der Waals surface area contributed by atoms with Crippen LogP contribution in [0.25, 0.3) is 6.08 Å². The third-order valence-corrected chi connectivity index (χ3v) is 3.02. The molecule has 0 saturated carbocycles. The Bertz CT molecular complexity index is 628. The molecule has 1 aliphatic rings. The summed E-state index contributed by atoms with van der Waals surface area (Å²) in [7, 11) is 0. The largest absolute Gasteiger partial charge is 0.488 e. The molecule has 1 heterocycles. The van der Waals surface area contributed by atoms with Crippen LogP contribution in [0.15, 0.2) is 41.5 Å². The molecular weight excluding hydrogens is 284 g/mol. The molecule has 0 aromatic heterocycles. The second kappa shape index (κ2) is 7.45. The van der Waals surface area contributed by atoms with Gasteiger partial charge in [-0.15, -0.1) is 0 Å². The van der Waals surface area contributed by atoms with Crippen LogP contribution < -0.4 is 4.74 Å². The summed E-state index contributed by atoms with van der Waals surface area (Å²) in [5.41, 5.74) is 1.51. The summed E-state index contributed by atoms with van der Waals surface area (Å²) >= 11 is 0. The molecule has 0 spiro atoms. The number of hydrogen-bond donors (Lipinski definition) is 0. The maximum Gasteiger partial charge on any atom is 0.338 e. The molecule has 1 aromatic rings. The maximum absolute atomic E-state index is 12.2. The Hall–Kier alpha value is -2.56. The van der Waals surface area contributed by atoms with Crippen LogP contribution >= 0.6 is 0 Å². The van der Waals surface area contributed by atoms with E-state index in [1.165, 1.54) is 6.08 Å². The first-order chi connectivity index (χ1) is 10.7. The predicted molar refractivity (Wildman–Crippen MR) is 81.3 cm³/mol. The minimum atomic E-state index is -0.512. The standard InChI is InChI=1S/C17H18O5/c1-3-20-16(18)10-13-11-22-15-8-6-5-7-12(15)9-14(13)17(19)21-4-2/h5-10H,3-4,11H2,1-2H3/b13-10+. The van der Waals surface area contributed by atoms with Crippen LogP contribution in [0.3, 0.4) is 0 Å². The molecule has 0 fully saturated rings. The van der Waals surface area contributed by atoms with Crippen LogP contribution in [0.2, 0.25) is 0 Å². The van der Waals surface area contributed by atoms with Crippen molar-refractivity contribution in [3.8, 4) is 5.75 Å². The van der Waals surface area contributed by atoms with Crippen molar-refractivity contribution < 1.29 is 23.8 Å². The lowest BCUT2D eigenvalue weighted by Gasteiger charge is -2.09. The molecule has 0 radical (unpaired) electrons. The van der Waals surface area contributed by atoms with Gasteiger partial charge >= 0.3 is 11.9 Å². The second-order valence-corrected chi connectivity index (χ2v) is 4.53. The molecule has 1 aliphatic heterocycles.